The molecule has 1 saturated heterocycles. The fraction of sp³-hybridized carbons (Fsp3) is 0.417. The van der Waals surface area contributed by atoms with Crippen LogP contribution < -0.4 is 10.6 Å². The van der Waals surface area contributed by atoms with Crippen LogP contribution in [0.1, 0.15) is 6.92 Å². The summed E-state index contributed by atoms with van der Waals surface area (Å²) in [4.78, 5) is 12.1. The van der Waals surface area contributed by atoms with Crippen LogP contribution in [0.25, 0.3) is 0 Å². The van der Waals surface area contributed by atoms with Crippen LogP contribution in [0.2, 0.25) is 10.0 Å². The highest BCUT2D eigenvalue weighted by Crippen LogP contribution is 2.32. The van der Waals surface area contributed by atoms with E-state index in [9.17, 15) is 9.18 Å². The first-order chi connectivity index (χ1) is 8.49. The van der Waals surface area contributed by atoms with Crippen molar-refractivity contribution in [3.63, 3.8) is 0 Å². The maximum absolute atomic E-state index is 13.0. The van der Waals surface area contributed by atoms with E-state index in [1.165, 1.54) is 0 Å². The number of hydrogen-bond donors (Lipinski definition) is 2. The Bertz CT molecular complexity index is 458. The van der Waals surface area contributed by atoms with E-state index in [1.807, 2.05) is 6.92 Å². The molecule has 98 valence electrons. The van der Waals surface area contributed by atoms with Gasteiger partial charge in [0.15, 0.2) is 0 Å². The molecule has 1 aliphatic rings. The van der Waals surface area contributed by atoms with Crippen LogP contribution in [-0.4, -0.2) is 19.0 Å². The quantitative estimate of drug-likeness (QED) is 0.879. The topological polar surface area (TPSA) is 41.1 Å². The largest absolute Gasteiger partial charge is 0.323 e. The molecule has 1 aromatic rings. The minimum absolute atomic E-state index is 0.104. The Labute approximate surface area is 115 Å². The molecule has 18 heavy (non-hydrogen) atoms. The van der Waals surface area contributed by atoms with Crippen molar-refractivity contribution in [1.29, 1.82) is 0 Å². The highest BCUT2D eigenvalue weighted by Gasteiger charge is 2.30. The second-order valence-corrected chi connectivity index (χ2v) is 5.29. The zero-order chi connectivity index (χ0) is 13.3. The van der Waals surface area contributed by atoms with Gasteiger partial charge in [-0.2, -0.15) is 0 Å². The van der Waals surface area contributed by atoms with Gasteiger partial charge in [-0.15, -0.1) is 0 Å². The van der Waals surface area contributed by atoms with E-state index in [2.05, 4.69) is 10.6 Å². The van der Waals surface area contributed by atoms with Crippen molar-refractivity contribution < 1.29 is 9.18 Å². The van der Waals surface area contributed by atoms with Crippen molar-refractivity contribution >= 4 is 34.8 Å². The summed E-state index contributed by atoms with van der Waals surface area (Å²) in [6.45, 7) is 3.44. The lowest BCUT2D eigenvalue weighted by Gasteiger charge is -2.15. The van der Waals surface area contributed by atoms with Crippen LogP contribution in [0, 0.1) is 17.7 Å². The van der Waals surface area contributed by atoms with E-state index < -0.39 is 5.82 Å². The predicted molar refractivity (Wildman–Crippen MR) is 70.6 cm³/mol. The molecule has 1 aliphatic heterocycles. The van der Waals surface area contributed by atoms with Crippen molar-refractivity contribution in [2.75, 3.05) is 18.4 Å². The van der Waals surface area contributed by atoms with Crippen LogP contribution in [0.15, 0.2) is 12.1 Å². The SMILES string of the molecule is C[C@@H]1CNC[C@H]1C(=O)Nc1c(Cl)cc(F)cc1Cl. The Morgan fingerprint density at radius 3 is 2.50 bits per heavy atom. The van der Waals surface area contributed by atoms with Gasteiger partial charge < -0.3 is 10.6 Å². The third-order valence-corrected chi connectivity index (χ3v) is 3.71. The van der Waals surface area contributed by atoms with E-state index in [0.717, 1.165) is 18.7 Å². The fourth-order valence-corrected chi connectivity index (χ4v) is 2.59. The molecule has 0 bridgehead atoms. The summed E-state index contributed by atoms with van der Waals surface area (Å²) in [5.41, 5.74) is 0.267. The molecule has 0 radical (unpaired) electrons. The molecule has 0 aromatic heterocycles. The van der Waals surface area contributed by atoms with E-state index in [4.69, 9.17) is 23.2 Å². The summed E-state index contributed by atoms with van der Waals surface area (Å²) in [7, 11) is 0. The summed E-state index contributed by atoms with van der Waals surface area (Å²) >= 11 is 11.7. The average Bonchev–Trinajstić information content (AvgIpc) is 2.69. The van der Waals surface area contributed by atoms with Gasteiger partial charge >= 0.3 is 0 Å². The second-order valence-electron chi connectivity index (χ2n) is 4.48. The number of nitrogens with one attached hydrogen (secondary N) is 2. The maximum Gasteiger partial charge on any atom is 0.229 e. The lowest BCUT2D eigenvalue weighted by molar-refractivity contribution is -0.120. The fourth-order valence-electron chi connectivity index (χ4n) is 2.04. The zero-order valence-corrected chi connectivity index (χ0v) is 11.3. The monoisotopic (exact) mass is 290 g/mol. The van der Waals surface area contributed by atoms with Gasteiger partial charge in [0.25, 0.3) is 0 Å². The van der Waals surface area contributed by atoms with Gasteiger partial charge in [-0.25, -0.2) is 4.39 Å². The Balaban J connectivity index is 2.17. The number of hydrogen-bond acceptors (Lipinski definition) is 2. The minimum atomic E-state index is -0.529. The van der Waals surface area contributed by atoms with Crippen molar-refractivity contribution in [3.8, 4) is 0 Å². The molecular formula is C12H13Cl2FN2O. The molecule has 1 heterocycles. The van der Waals surface area contributed by atoms with E-state index in [0.29, 0.717) is 6.54 Å². The van der Waals surface area contributed by atoms with Crippen LogP contribution >= 0.6 is 23.2 Å². The molecular weight excluding hydrogens is 278 g/mol. The van der Waals surface area contributed by atoms with Crippen LogP contribution in [0.5, 0.6) is 0 Å². The first kappa shape index (κ1) is 13.6. The molecule has 0 spiro atoms. The molecule has 0 unspecified atom stereocenters. The van der Waals surface area contributed by atoms with Crippen molar-refractivity contribution in [2.45, 2.75) is 6.92 Å². The van der Waals surface area contributed by atoms with E-state index >= 15 is 0 Å². The second kappa shape index (κ2) is 5.43. The Kier molecular flexibility index (Phi) is 4.10. The Hall–Kier alpha value is -0.840. The summed E-state index contributed by atoms with van der Waals surface area (Å²) in [5.74, 6) is -0.549. The number of amides is 1. The lowest BCUT2D eigenvalue weighted by Crippen LogP contribution is -2.28. The van der Waals surface area contributed by atoms with Crippen LogP contribution in [0.3, 0.4) is 0 Å². The van der Waals surface area contributed by atoms with E-state index in [1.54, 1.807) is 0 Å². The predicted octanol–water partition coefficient (Wildman–Crippen LogP) is 2.93. The smallest absolute Gasteiger partial charge is 0.229 e. The van der Waals surface area contributed by atoms with Crippen molar-refractivity contribution in [2.24, 2.45) is 11.8 Å². The number of anilines is 1. The third-order valence-electron chi connectivity index (χ3n) is 3.11. The first-order valence-electron chi connectivity index (χ1n) is 5.65. The summed E-state index contributed by atoms with van der Waals surface area (Å²) in [6, 6.07) is 2.25. The summed E-state index contributed by atoms with van der Waals surface area (Å²) in [5, 5.41) is 6.02. The molecule has 6 heteroatoms. The van der Waals surface area contributed by atoms with Crippen molar-refractivity contribution in [1.82, 2.24) is 5.32 Å². The summed E-state index contributed by atoms with van der Waals surface area (Å²) < 4.78 is 13.0. The van der Waals surface area contributed by atoms with Gasteiger partial charge in [-0.3, -0.25) is 4.79 Å². The highest BCUT2D eigenvalue weighted by molar-refractivity contribution is 6.39. The van der Waals surface area contributed by atoms with Gasteiger partial charge in [-0.1, -0.05) is 30.1 Å². The normalized spacial score (nSPS) is 23.1. The standard InChI is InChI=1S/C12H13Cl2FN2O/c1-6-4-16-5-8(6)12(18)17-11-9(13)2-7(15)3-10(11)14/h2-3,6,8,16H,4-5H2,1H3,(H,17,18)/t6-,8-/m1/s1. The molecule has 2 rings (SSSR count). The Morgan fingerprint density at radius 2 is 2.00 bits per heavy atom. The number of carbonyl (C=O) groups is 1. The van der Waals surface area contributed by atoms with Gasteiger partial charge in [0.2, 0.25) is 5.91 Å². The molecule has 1 aromatic carbocycles. The Morgan fingerprint density at radius 1 is 1.39 bits per heavy atom. The molecule has 1 amide bonds. The minimum Gasteiger partial charge on any atom is -0.323 e. The number of halogens is 3. The molecule has 2 N–H and O–H groups in total. The van der Waals surface area contributed by atoms with Crippen LogP contribution in [0.4, 0.5) is 10.1 Å². The third kappa shape index (κ3) is 2.76. The molecule has 0 saturated carbocycles. The molecule has 2 atom stereocenters. The summed E-state index contributed by atoms with van der Waals surface area (Å²) in [6.07, 6.45) is 0. The number of rotatable bonds is 2. The van der Waals surface area contributed by atoms with Gasteiger partial charge in [-0.05, 0) is 24.6 Å². The average molecular weight is 291 g/mol. The molecule has 3 nitrogen and oxygen atoms in total. The van der Waals surface area contributed by atoms with Gasteiger partial charge in [0.05, 0.1) is 21.7 Å². The molecule has 0 aliphatic carbocycles. The highest BCUT2D eigenvalue weighted by atomic mass is 35.5. The van der Waals surface area contributed by atoms with Gasteiger partial charge in [0.1, 0.15) is 5.82 Å². The maximum atomic E-state index is 13.0. The number of benzene rings is 1. The zero-order valence-electron chi connectivity index (χ0n) is 9.77. The van der Waals surface area contributed by atoms with E-state index in [-0.39, 0.29) is 33.5 Å². The van der Waals surface area contributed by atoms with Crippen LogP contribution in [-0.2, 0) is 4.79 Å². The lowest BCUT2D eigenvalue weighted by atomic mass is 9.97. The van der Waals surface area contributed by atoms with Gasteiger partial charge in [0, 0.05) is 6.54 Å². The molecule has 1 fully saturated rings. The first-order valence-corrected chi connectivity index (χ1v) is 6.40. The number of carbonyl (C=O) groups excluding carboxylic acids is 1. The van der Waals surface area contributed by atoms with Crippen molar-refractivity contribution in [3.05, 3.63) is 28.0 Å².